The summed E-state index contributed by atoms with van der Waals surface area (Å²) >= 11 is 5.61. The van der Waals surface area contributed by atoms with E-state index in [0.29, 0.717) is 0 Å². The van der Waals surface area contributed by atoms with Crippen molar-refractivity contribution in [3.8, 4) is 0 Å². The lowest BCUT2D eigenvalue weighted by molar-refractivity contribution is -0.898. The maximum Gasteiger partial charge on any atom is 0.418 e. The minimum atomic E-state index is -4.57. The number of rotatable bonds is 9. The number of alkyl halides is 3. The van der Waals surface area contributed by atoms with Crippen molar-refractivity contribution < 1.29 is 28.2 Å². The van der Waals surface area contributed by atoms with Crippen molar-refractivity contribution in [3.63, 3.8) is 0 Å². The Kier molecular flexibility index (Phi) is 8.52. The van der Waals surface area contributed by atoms with Crippen LogP contribution in [-0.2, 0) is 11.0 Å². The Morgan fingerprint density at radius 3 is 2.54 bits per heavy atom. The van der Waals surface area contributed by atoms with E-state index < -0.39 is 17.6 Å². The fraction of sp³-hybridized carbons (Fsp3) is 0.562. The van der Waals surface area contributed by atoms with Crippen molar-refractivity contribution in [2.75, 3.05) is 38.0 Å². The molecule has 0 saturated carbocycles. The molecule has 0 aliphatic heterocycles. The fourth-order valence-corrected chi connectivity index (χ4v) is 2.57. The molecule has 0 aliphatic carbocycles. The standard InChI is InChI=1S/C16H23ClF3N3O/c1-3-23(4-2)9-5-8-21-11-15(24)22-14-7-6-12(17)10-13(14)16(18,19)20/h6-7,10,21H,3-5,8-9,11H2,1-2H3,(H,22,24)/p+2. The van der Waals surface area contributed by atoms with Gasteiger partial charge in [0.1, 0.15) is 0 Å². The van der Waals surface area contributed by atoms with Crippen molar-refractivity contribution in [3.05, 3.63) is 28.8 Å². The van der Waals surface area contributed by atoms with Crippen molar-refractivity contribution in [2.45, 2.75) is 26.4 Å². The summed E-state index contributed by atoms with van der Waals surface area (Å²) in [4.78, 5) is 13.3. The van der Waals surface area contributed by atoms with E-state index in [1.807, 2.05) is 0 Å². The molecule has 8 heteroatoms. The van der Waals surface area contributed by atoms with Gasteiger partial charge in [0.25, 0.3) is 5.91 Å². The van der Waals surface area contributed by atoms with Crippen molar-refractivity contribution in [2.24, 2.45) is 0 Å². The third-order valence-corrected chi connectivity index (χ3v) is 4.06. The van der Waals surface area contributed by atoms with Gasteiger partial charge in [-0.05, 0) is 32.0 Å². The molecular weight excluding hydrogens is 343 g/mol. The summed E-state index contributed by atoms with van der Waals surface area (Å²) in [5, 5.41) is 4.10. The van der Waals surface area contributed by atoms with E-state index in [0.717, 1.165) is 38.7 Å². The zero-order valence-electron chi connectivity index (χ0n) is 14.0. The number of nitrogens with one attached hydrogen (secondary N) is 2. The van der Waals surface area contributed by atoms with Gasteiger partial charge in [-0.2, -0.15) is 13.2 Å². The predicted molar refractivity (Wildman–Crippen MR) is 88.3 cm³/mol. The van der Waals surface area contributed by atoms with Gasteiger partial charge in [-0.25, -0.2) is 0 Å². The van der Waals surface area contributed by atoms with Crippen LogP contribution in [0.4, 0.5) is 18.9 Å². The highest BCUT2D eigenvalue weighted by molar-refractivity contribution is 6.30. The van der Waals surface area contributed by atoms with Gasteiger partial charge >= 0.3 is 6.18 Å². The molecule has 4 N–H and O–H groups in total. The molecule has 1 aromatic rings. The lowest BCUT2D eigenvalue weighted by Crippen LogP contribution is -3.11. The summed E-state index contributed by atoms with van der Waals surface area (Å²) in [6, 6.07) is 3.31. The second kappa shape index (κ2) is 9.86. The van der Waals surface area contributed by atoms with Crippen LogP contribution >= 0.6 is 11.6 Å². The van der Waals surface area contributed by atoms with Gasteiger partial charge in [-0.15, -0.1) is 0 Å². The lowest BCUT2D eigenvalue weighted by atomic mass is 10.1. The number of amides is 1. The van der Waals surface area contributed by atoms with Crippen LogP contribution in [0.3, 0.4) is 0 Å². The number of nitrogens with two attached hydrogens (primary N) is 1. The third kappa shape index (κ3) is 7.07. The molecule has 1 amide bonds. The topological polar surface area (TPSA) is 50.2 Å². The fourth-order valence-electron chi connectivity index (χ4n) is 2.39. The van der Waals surface area contributed by atoms with E-state index in [2.05, 4.69) is 19.2 Å². The SMILES string of the molecule is CC[NH+](CC)CCC[NH2+]CC(=O)Nc1ccc(Cl)cc1C(F)(F)F. The Labute approximate surface area is 145 Å². The largest absolute Gasteiger partial charge is 0.418 e. The Hall–Kier alpha value is -1.31. The molecule has 0 fully saturated rings. The number of halogens is 4. The summed E-state index contributed by atoms with van der Waals surface area (Å²) in [7, 11) is 0. The van der Waals surface area contributed by atoms with E-state index in [9.17, 15) is 18.0 Å². The molecule has 1 rings (SSSR count). The Morgan fingerprint density at radius 1 is 1.29 bits per heavy atom. The monoisotopic (exact) mass is 367 g/mol. The van der Waals surface area contributed by atoms with Crippen LogP contribution in [-0.4, -0.2) is 38.6 Å². The number of carbonyl (C=O) groups excluding carboxylic acids is 1. The summed E-state index contributed by atoms with van der Waals surface area (Å²) in [5.41, 5.74) is -1.20. The first kappa shape index (κ1) is 20.7. The molecule has 0 heterocycles. The van der Waals surface area contributed by atoms with Crippen LogP contribution in [0, 0.1) is 0 Å². The maximum atomic E-state index is 13.0. The van der Waals surface area contributed by atoms with Crippen LogP contribution in [0.1, 0.15) is 25.8 Å². The van der Waals surface area contributed by atoms with Gasteiger partial charge in [0.05, 0.1) is 37.4 Å². The molecule has 0 radical (unpaired) electrons. The summed E-state index contributed by atoms with van der Waals surface area (Å²) in [5.74, 6) is -0.460. The summed E-state index contributed by atoms with van der Waals surface area (Å²) in [6.45, 7) is 8.26. The lowest BCUT2D eigenvalue weighted by Gasteiger charge is -2.15. The Morgan fingerprint density at radius 2 is 1.96 bits per heavy atom. The predicted octanol–water partition coefficient (Wildman–Crippen LogP) is 1.18. The summed E-state index contributed by atoms with van der Waals surface area (Å²) < 4.78 is 38.9. The van der Waals surface area contributed by atoms with Crippen molar-refractivity contribution in [1.29, 1.82) is 0 Å². The first-order valence-electron chi connectivity index (χ1n) is 8.09. The zero-order chi connectivity index (χ0) is 18.2. The van der Waals surface area contributed by atoms with Gasteiger partial charge in [-0.3, -0.25) is 4.79 Å². The normalized spacial score (nSPS) is 11.8. The molecule has 24 heavy (non-hydrogen) atoms. The average Bonchev–Trinajstić information content (AvgIpc) is 2.51. The number of benzene rings is 1. The second-order valence-corrected chi connectivity index (χ2v) is 6.01. The van der Waals surface area contributed by atoms with E-state index in [1.165, 1.54) is 17.0 Å². The van der Waals surface area contributed by atoms with Crippen LogP contribution in [0.5, 0.6) is 0 Å². The minimum absolute atomic E-state index is 0.0224. The molecule has 0 atom stereocenters. The molecule has 0 bridgehead atoms. The molecule has 0 saturated heterocycles. The quantitative estimate of drug-likeness (QED) is 0.564. The molecule has 1 aromatic carbocycles. The maximum absolute atomic E-state index is 13.0. The van der Waals surface area contributed by atoms with E-state index in [4.69, 9.17) is 11.6 Å². The highest BCUT2D eigenvalue weighted by Crippen LogP contribution is 2.36. The first-order valence-corrected chi connectivity index (χ1v) is 8.47. The number of anilines is 1. The van der Waals surface area contributed by atoms with Crippen LogP contribution in [0.2, 0.25) is 5.02 Å². The molecule has 0 aliphatic rings. The van der Waals surface area contributed by atoms with Gasteiger partial charge in [0, 0.05) is 11.4 Å². The van der Waals surface area contributed by atoms with Crippen molar-refractivity contribution in [1.82, 2.24) is 0 Å². The molecule has 0 spiro atoms. The van der Waals surface area contributed by atoms with Gasteiger partial charge < -0.3 is 15.5 Å². The highest BCUT2D eigenvalue weighted by atomic mass is 35.5. The van der Waals surface area contributed by atoms with E-state index in [1.54, 1.807) is 5.32 Å². The van der Waals surface area contributed by atoms with E-state index in [-0.39, 0.29) is 17.3 Å². The van der Waals surface area contributed by atoms with Crippen molar-refractivity contribution >= 4 is 23.2 Å². The van der Waals surface area contributed by atoms with Crippen LogP contribution < -0.4 is 15.5 Å². The minimum Gasteiger partial charge on any atom is -0.338 e. The third-order valence-electron chi connectivity index (χ3n) is 3.83. The number of hydrogen-bond acceptors (Lipinski definition) is 1. The number of quaternary nitrogens is 2. The molecule has 0 unspecified atom stereocenters. The van der Waals surface area contributed by atoms with Gasteiger partial charge in [0.15, 0.2) is 6.54 Å². The first-order chi connectivity index (χ1) is 11.3. The van der Waals surface area contributed by atoms with Crippen LogP contribution in [0.25, 0.3) is 0 Å². The molecule has 4 nitrogen and oxygen atoms in total. The van der Waals surface area contributed by atoms with Gasteiger partial charge in [0.2, 0.25) is 0 Å². The molecule has 136 valence electrons. The zero-order valence-corrected chi connectivity index (χ0v) is 14.7. The highest BCUT2D eigenvalue weighted by Gasteiger charge is 2.34. The smallest absolute Gasteiger partial charge is 0.338 e. The Balaban J connectivity index is 2.46. The molecule has 0 aromatic heterocycles. The summed E-state index contributed by atoms with van der Waals surface area (Å²) in [6.07, 6.45) is -3.61. The van der Waals surface area contributed by atoms with Crippen LogP contribution in [0.15, 0.2) is 18.2 Å². The molecular formula is C16H25ClF3N3O+2. The Bertz CT molecular complexity index is 534. The van der Waals surface area contributed by atoms with E-state index >= 15 is 0 Å². The number of carbonyl (C=O) groups is 1. The second-order valence-electron chi connectivity index (χ2n) is 5.58. The average molecular weight is 368 g/mol. The number of hydrogen-bond donors (Lipinski definition) is 3. The van der Waals surface area contributed by atoms with Gasteiger partial charge in [-0.1, -0.05) is 11.6 Å².